The van der Waals surface area contributed by atoms with Gasteiger partial charge in [-0.15, -0.1) is 11.3 Å². The van der Waals surface area contributed by atoms with Gasteiger partial charge in [-0.1, -0.05) is 0 Å². The van der Waals surface area contributed by atoms with Gasteiger partial charge in [-0.05, 0) is 50.6 Å². The van der Waals surface area contributed by atoms with Crippen LogP contribution in [-0.4, -0.2) is 34.6 Å². The molecule has 1 fully saturated rings. The topological polar surface area (TPSA) is 64.9 Å². The third-order valence-electron chi connectivity index (χ3n) is 5.13. The molecule has 0 bridgehead atoms. The Kier molecular flexibility index (Phi) is 6.06. The Morgan fingerprint density at radius 3 is 2.73 bits per heavy atom. The van der Waals surface area contributed by atoms with Crippen molar-refractivity contribution in [3.8, 4) is 5.75 Å². The number of hydrogen-bond acceptors (Lipinski definition) is 5. The first-order valence-electron chi connectivity index (χ1n) is 10.2. The van der Waals surface area contributed by atoms with Gasteiger partial charge in [0.05, 0.1) is 16.7 Å². The van der Waals surface area contributed by atoms with E-state index in [1.165, 1.54) is 18.3 Å². The van der Waals surface area contributed by atoms with E-state index in [-0.39, 0.29) is 12.0 Å². The summed E-state index contributed by atoms with van der Waals surface area (Å²) in [6.07, 6.45) is 4.58. The van der Waals surface area contributed by atoms with Crippen molar-refractivity contribution in [2.75, 3.05) is 18.5 Å². The number of carbonyl (C=O) groups excluding carboxylic acids is 1. The number of amides is 1. The zero-order valence-electron chi connectivity index (χ0n) is 17.4. The maximum Gasteiger partial charge on any atom is 0.265 e. The normalized spacial score (nSPS) is 16.2. The maximum absolute atomic E-state index is 13.5. The summed E-state index contributed by atoms with van der Waals surface area (Å²) in [6, 6.07) is 3.44. The van der Waals surface area contributed by atoms with Crippen LogP contribution in [0.4, 0.5) is 10.1 Å². The van der Waals surface area contributed by atoms with Crippen molar-refractivity contribution < 1.29 is 18.7 Å². The molecule has 4 heterocycles. The van der Waals surface area contributed by atoms with Gasteiger partial charge in [0.2, 0.25) is 0 Å². The second-order valence-electron chi connectivity index (χ2n) is 7.85. The van der Waals surface area contributed by atoms with Gasteiger partial charge in [0.15, 0.2) is 0 Å². The number of fused-ring (bicyclic) bond motifs is 1. The summed E-state index contributed by atoms with van der Waals surface area (Å²) in [7, 11) is 0. The summed E-state index contributed by atoms with van der Waals surface area (Å²) in [5, 5.41) is 4.59. The molecule has 8 heteroatoms. The van der Waals surface area contributed by atoms with E-state index in [4.69, 9.17) is 14.5 Å². The molecule has 4 rings (SSSR count). The fourth-order valence-electron chi connectivity index (χ4n) is 3.53. The Bertz CT molecular complexity index is 1040. The summed E-state index contributed by atoms with van der Waals surface area (Å²) in [4.78, 5) is 18.0. The Morgan fingerprint density at radius 1 is 1.30 bits per heavy atom. The number of imidazole rings is 1. The Balaban J connectivity index is 1.64. The van der Waals surface area contributed by atoms with E-state index in [2.05, 4.69) is 5.32 Å². The van der Waals surface area contributed by atoms with Crippen molar-refractivity contribution in [2.24, 2.45) is 0 Å². The molecule has 6 nitrogen and oxygen atoms in total. The molecule has 1 atom stereocenters. The number of alkyl halides is 1. The van der Waals surface area contributed by atoms with Gasteiger partial charge < -0.3 is 19.2 Å². The molecule has 3 aromatic rings. The summed E-state index contributed by atoms with van der Waals surface area (Å²) in [5.41, 5.74) is 2.86. The Morgan fingerprint density at radius 2 is 2.07 bits per heavy atom. The third kappa shape index (κ3) is 4.49. The van der Waals surface area contributed by atoms with Gasteiger partial charge >= 0.3 is 0 Å². The van der Waals surface area contributed by atoms with Gasteiger partial charge in [0.25, 0.3) is 5.91 Å². The number of aromatic nitrogens is 2. The molecular weight excluding hydrogens is 405 g/mol. The summed E-state index contributed by atoms with van der Waals surface area (Å²) in [5.74, 6) is 0.647. The van der Waals surface area contributed by atoms with E-state index in [0.29, 0.717) is 27.8 Å². The van der Waals surface area contributed by atoms with Crippen molar-refractivity contribution in [1.82, 2.24) is 9.38 Å². The summed E-state index contributed by atoms with van der Waals surface area (Å²) in [6.45, 7) is 6.83. The van der Waals surface area contributed by atoms with E-state index in [1.54, 1.807) is 11.4 Å². The molecule has 1 aliphatic rings. The molecule has 30 heavy (non-hydrogen) atoms. The monoisotopic (exact) mass is 431 g/mol. The molecule has 0 aromatic carbocycles. The molecular formula is C22H26FN3O3S. The quantitative estimate of drug-likeness (QED) is 0.571. The highest BCUT2D eigenvalue weighted by Crippen LogP contribution is 2.32. The lowest BCUT2D eigenvalue weighted by atomic mass is 9.97. The number of carbonyl (C=O) groups is 1. The molecule has 1 unspecified atom stereocenters. The van der Waals surface area contributed by atoms with Crippen LogP contribution >= 0.6 is 11.3 Å². The van der Waals surface area contributed by atoms with Crippen LogP contribution in [0.2, 0.25) is 0 Å². The SMILES string of the molecule is CC(C)Oc1cc2nc(C3CCOCC3)cn2cc1NC(=O)c1cc(C(C)F)cs1. The predicted octanol–water partition coefficient (Wildman–Crippen LogP) is 5.36. The number of nitrogens with one attached hydrogen (secondary N) is 1. The first-order valence-corrected chi connectivity index (χ1v) is 11.1. The molecule has 0 saturated carbocycles. The number of rotatable bonds is 6. The van der Waals surface area contributed by atoms with Crippen molar-refractivity contribution in [2.45, 2.75) is 51.8 Å². The molecule has 1 amide bonds. The smallest absolute Gasteiger partial charge is 0.265 e. The second-order valence-corrected chi connectivity index (χ2v) is 8.76. The average Bonchev–Trinajstić information content (AvgIpc) is 3.35. The maximum atomic E-state index is 13.5. The molecule has 1 saturated heterocycles. The molecule has 0 spiro atoms. The molecule has 0 radical (unpaired) electrons. The van der Waals surface area contributed by atoms with Gasteiger partial charge in [-0.3, -0.25) is 4.79 Å². The Labute approximate surface area is 179 Å². The van der Waals surface area contributed by atoms with E-state index < -0.39 is 6.17 Å². The predicted molar refractivity (Wildman–Crippen MR) is 116 cm³/mol. The lowest BCUT2D eigenvalue weighted by molar-refractivity contribution is 0.0846. The van der Waals surface area contributed by atoms with E-state index >= 15 is 0 Å². The number of hydrogen-bond donors (Lipinski definition) is 1. The van der Waals surface area contributed by atoms with Crippen LogP contribution in [-0.2, 0) is 4.74 Å². The first-order chi connectivity index (χ1) is 14.4. The van der Waals surface area contributed by atoms with Crippen LogP contribution < -0.4 is 10.1 Å². The lowest BCUT2D eigenvalue weighted by Gasteiger charge is -2.19. The number of anilines is 1. The van der Waals surface area contributed by atoms with Gasteiger partial charge in [-0.2, -0.15) is 0 Å². The molecule has 1 N–H and O–H groups in total. The van der Waals surface area contributed by atoms with Gasteiger partial charge in [0.1, 0.15) is 23.3 Å². The van der Waals surface area contributed by atoms with Crippen LogP contribution in [0.3, 0.4) is 0 Å². The molecule has 160 valence electrons. The number of ether oxygens (including phenoxy) is 2. The minimum Gasteiger partial charge on any atom is -0.489 e. The molecule has 1 aliphatic heterocycles. The number of thiophene rings is 1. The zero-order valence-corrected chi connectivity index (χ0v) is 18.2. The number of nitrogens with zero attached hydrogens (tertiary/aromatic N) is 2. The largest absolute Gasteiger partial charge is 0.489 e. The number of halogens is 1. The van der Waals surface area contributed by atoms with Crippen molar-refractivity contribution >= 4 is 28.6 Å². The Hall–Kier alpha value is -2.45. The van der Waals surface area contributed by atoms with Gasteiger partial charge in [0, 0.05) is 37.6 Å². The van der Waals surface area contributed by atoms with Crippen LogP contribution in [0.5, 0.6) is 5.75 Å². The molecule has 3 aromatic heterocycles. The van der Waals surface area contributed by atoms with Crippen LogP contribution in [0.25, 0.3) is 5.65 Å². The van der Waals surface area contributed by atoms with Crippen LogP contribution in [0, 0.1) is 0 Å². The summed E-state index contributed by atoms with van der Waals surface area (Å²) >= 11 is 1.23. The van der Waals surface area contributed by atoms with Crippen molar-refractivity contribution in [3.05, 3.63) is 46.0 Å². The van der Waals surface area contributed by atoms with E-state index in [1.807, 2.05) is 36.7 Å². The first kappa shape index (κ1) is 20.8. The highest BCUT2D eigenvalue weighted by molar-refractivity contribution is 7.12. The van der Waals surface area contributed by atoms with Crippen molar-refractivity contribution in [1.29, 1.82) is 0 Å². The lowest BCUT2D eigenvalue weighted by Crippen LogP contribution is -2.14. The minimum absolute atomic E-state index is 0.0613. The van der Waals surface area contributed by atoms with E-state index in [9.17, 15) is 9.18 Å². The standard InChI is InChI=1S/C22H26FN3O3S/c1-13(2)29-19-9-21-24-17(15-4-6-28-7-5-15)10-26(21)11-18(19)25-22(27)20-8-16(12-30-20)14(3)23/h8-15H,4-7H2,1-3H3,(H,25,27). The fraction of sp³-hybridized carbons (Fsp3) is 0.455. The third-order valence-corrected chi connectivity index (χ3v) is 6.07. The van der Waals surface area contributed by atoms with Gasteiger partial charge in [-0.25, -0.2) is 9.37 Å². The summed E-state index contributed by atoms with van der Waals surface area (Å²) < 4.78 is 26.8. The molecule has 0 aliphatic carbocycles. The van der Waals surface area contributed by atoms with Crippen molar-refractivity contribution in [3.63, 3.8) is 0 Å². The highest BCUT2D eigenvalue weighted by Gasteiger charge is 2.21. The fourth-order valence-corrected chi connectivity index (χ4v) is 4.41. The number of pyridine rings is 1. The second kappa shape index (κ2) is 8.73. The van der Waals surface area contributed by atoms with E-state index in [0.717, 1.165) is 37.4 Å². The average molecular weight is 432 g/mol. The van der Waals surface area contributed by atoms with Crippen LogP contribution in [0.1, 0.15) is 66.6 Å². The highest BCUT2D eigenvalue weighted by atomic mass is 32.1. The van der Waals surface area contributed by atoms with Crippen LogP contribution in [0.15, 0.2) is 29.9 Å². The zero-order chi connectivity index (χ0) is 21.3. The minimum atomic E-state index is -1.10.